The normalized spacial score (nSPS) is 10.3. The van der Waals surface area contributed by atoms with E-state index in [4.69, 9.17) is 5.11 Å². The van der Waals surface area contributed by atoms with Crippen molar-refractivity contribution in [1.29, 1.82) is 0 Å². The van der Waals surface area contributed by atoms with Gasteiger partial charge in [0.05, 0.1) is 18.3 Å². The molecule has 1 amide bonds. The number of carbonyl (C=O) groups is 2. The van der Waals surface area contributed by atoms with Gasteiger partial charge in [-0.3, -0.25) is 4.79 Å². The number of rotatable bonds is 6. The molecule has 110 valence electrons. The lowest BCUT2D eigenvalue weighted by Crippen LogP contribution is -2.27. The predicted octanol–water partition coefficient (Wildman–Crippen LogP) is 1.13. The molecule has 7 nitrogen and oxygen atoms in total. The molecule has 0 spiro atoms. The Morgan fingerprint density at radius 2 is 2.14 bits per heavy atom. The van der Waals surface area contributed by atoms with Crippen molar-refractivity contribution in [3.63, 3.8) is 0 Å². The standard InChI is InChI=1S/C13H14N4O3S/c1-21-11-5-3-2-4-9(11)12(18)14-6-7-17-8-10(13(19)20)15-16-17/h2-5,8H,6-7H2,1H3,(H,14,18)(H,19,20). The molecule has 2 N–H and O–H groups in total. The number of carbonyl (C=O) groups excluding carboxylic acids is 1. The molecular weight excluding hydrogens is 292 g/mol. The Labute approximate surface area is 125 Å². The fraction of sp³-hybridized carbons (Fsp3) is 0.231. The van der Waals surface area contributed by atoms with E-state index in [0.717, 1.165) is 4.90 Å². The summed E-state index contributed by atoms with van der Waals surface area (Å²) in [7, 11) is 0. The second kappa shape index (κ2) is 6.89. The van der Waals surface area contributed by atoms with Crippen LogP contribution in [-0.2, 0) is 6.54 Å². The van der Waals surface area contributed by atoms with Gasteiger partial charge < -0.3 is 10.4 Å². The third-order valence-corrected chi connectivity index (χ3v) is 3.53. The second-order valence-electron chi connectivity index (χ2n) is 4.13. The van der Waals surface area contributed by atoms with Crippen LogP contribution in [0.4, 0.5) is 0 Å². The van der Waals surface area contributed by atoms with Gasteiger partial charge in [0, 0.05) is 11.4 Å². The zero-order valence-corrected chi connectivity index (χ0v) is 12.1. The Morgan fingerprint density at radius 1 is 1.38 bits per heavy atom. The van der Waals surface area contributed by atoms with Crippen LogP contribution in [0.25, 0.3) is 0 Å². The Bertz CT molecular complexity index is 656. The maximum absolute atomic E-state index is 12.1. The third kappa shape index (κ3) is 3.82. The minimum absolute atomic E-state index is 0.117. The van der Waals surface area contributed by atoms with E-state index in [9.17, 15) is 9.59 Å². The zero-order valence-electron chi connectivity index (χ0n) is 11.3. The highest BCUT2D eigenvalue weighted by Crippen LogP contribution is 2.19. The number of amides is 1. The van der Waals surface area contributed by atoms with Crippen LogP contribution in [0.2, 0.25) is 0 Å². The van der Waals surface area contributed by atoms with Crippen molar-refractivity contribution in [2.45, 2.75) is 11.4 Å². The molecule has 0 unspecified atom stereocenters. The molecule has 0 fully saturated rings. The van der Waals surface area contributed by atoms with Crippen LogP contribution in [0.15, 0.2) is 35.4 Å². The monoisotopic (exact) mass is 306 g/mol. The lowest BCUT2D eigenvalue weighted by Gasteiger charge is -2.08. The van der Waals surface area contributed by atoms with E-state index in [-0.39, 0.29) is 11.6 Å². The smallest absolute Gasteiger partial charge is 0.358 e. The number of thioether (sulfide) groups is 1. The molecule has 2 aromatic rings. The Kier molecular flexibility index (Phi) is 4.94. The topological polar surface area (TPSA) is 97.1 Å². The molecule has 0 saturated heterocycles. The van der Waals surface area contributed by atoms with Gasteiger partial charge in [-0.2, -0.15) is 0 Å². The Morgan fingerprint density at radius 3 is 2.81 bits per heavy atom. The molecule has 8 heteroatoms. The molecule has 1 heterocycles. The average molecular weight is 306 g/mol. The first-order chi connectivity index (χ1) is 10.1. The first-order valence-corrected chi connectivity index (χ1v) is 7.39. The highest BCUT2D eigenvalue weighted by molar-refractivity contribution is 7.98. The molecule has 0 radical (unpaired) electrons. The lowest BCUT2D eigenvalue weighted by atomic mass is 10.2. The number of nitrogens with zero attached hydrogens (tertiary/aromatic N) is 3. The molecule has 21 heavy (non-hydrogen) atoms. The maximum atomic E-state index is 12.1. The lowest BCUT2D eigenvalue weighted by molar-refractivity contribution is 0.0690. The Hall–Kier alpha value is -2.35. The summed E-state index contributed by atoms with van der Waals surface area (Å²) in [4.78, 5) is 23.6. The summed E-state index contributed by atoms with van der Waals surface area (Å²) in [5.74, 6) is -1.29. The third-order valence-electron chi connectivity index (χ3n) is 2.74. The fourth-order valence-corrected chi connectivity index (χ4v) is 2.31. The molecular formula is C13H14N4O3S. The summed E-state index contributed by atoms with van der Waals surface area (Å²) in [6, 6.07) is 7.34. The minimum Gasteiger partial charge on any atom is -0.476 e. The van der Waals surface area contributed by atoms with Crippen LogP contribution in [0.3, 0.4) is 0 Å². The van der Waals surface area contributed by atoms with Crippen molar-refractivity contribution in [1.82, 2.24) is 20.3 Å². The summed E-state index contributed by atoms with van der Waals surface area (Å²) < 4.78 is 1.38. The van der Waals surface area contributed by atoms with Crippen LogP contribution in [0, 0.1) is 0 Å². The van der Waals surface area contributed by atoms with Crippen LogP contribution in [0.5, 0.6) is 0 Å². The van der Waals surface area contributed by atoms with E-state index in [2.05, 4.69) is 15.6 Å². The number of carboxylic acid groups (broad SMARTS) is 1. The van der Waals surface area contributed by atoms with Gasteiger partial charge in [0.25, 0.3) is 5.91 Å². The SMILES string of the molecule is CSc1ccccc1C(=O)NCCn1cc(C(=O)O)nn1. The van der Waals surface area contributed by atoms with E-state index < -0.39 is 5.97 Å². The molecule has 0 saturated carbocycles. The van der Waals surface area contributed by atoms with E-state index in [1.54, 1.807) is 6.07 Å². The van der Waals surface area contributed by atoms with Crippen molar-refractivity contribution < 1.29 is 14.7 Å². The summed E-state index contributed by atoms with van der Waals surface area (Å²) in [5, 5.41) is 18.7. The number of hydrogen-bond acceptors (Lipinski definition) is 5. The summed E-state index contributed by atoms with van der Waals surface area (Å²) >= 11 is 1.51. The van der Waals surface area contributed by atoms with Gasteiger partial charge in [0.15, 0.2) is 5.69 Å². The van der Waals surface area contributed by atoms with Crippen LogP contribution < -0.4 is 5.32 Å². The molecule has 0 bridgehead atoms. The Balaban J connectivity index is 1.90. The second-order valence-corrected chi connectivity index (χ2v) is 4.98. The van der Waals surface area contributed by atoms with Crippen LogP contribution >= 0.6 is 11.8 Å². The highest BCUT2D eigenvalue weighted by atomic mass is 32.2. The van der Waals surface area contributed by atoms with E-state index in [1.165, 1.54) is 22.6 Å². The van der Waals surface area contributed by atoms with Gasteiger partial charge in [0.1, 0.15) is 0 Å². The van der Waals surface area contributed by atoms with Gasteiger partial charge in [-0.1, -0.05) is 17.3 Å². The first kappa shape index (κ1) is 15.0. The molecule has 1 aromatic heterocycles. The summed E-state index contributed by atoms with van der Waals surface area (Å²) in [6.07, 6.45) is 3.24. The summed E-state index contributed by atoms with van der Waals surface area (Å²) in [5.41, 5.74) is 0.504. The van der Waals surface area contributed by atoms with Crippen molar-refractivity contribution in [2.75, 3.05) is 12.8 Å². The van der Waals surface area contributed by atoms with Crippen LogP contribution in [0.1, 0.15) is 20.8 Å². The molecule has 0 aliphatic heterocycles. The van der Waals surface area contributed by atoms with Gasteiger partial charge in [-0.25, -0.2) is 9.48 Å². The van der Waals surface area contributed by atoms with E-state index in [0.29, 0.717) is 18.7 Å². The molecule has 1 aromatic carbocycles. The van der Waals surface area contributed by atoms with Crippen LogP contribution in [-0.4, -0.2) is 44.8 Å². The first-order valence-electron chi connectivity index (χ1n) is 6.16. The number of aromatic nitrogens is 3. The minimum atomic E-state index is -1.13. The predicted molar refractivity (Wildman–Crippen MR) is 77.5 cm³/mol. The number of carboxylic acids is 1. The van der Waals surface area contributed by atoms with Gasteiger partial charge in [0.2, 0.25) is 0 Å². The summed E-state index contributed by atoms with van der Waals surface area (Å²) in [6.45, 7) is 0.692. The van der Waals surface area contributed by atoms with Gasteiger partial charge in [-0.15, -0.1) is 16.9 Å². The number of nitrogens with one attached hydrogen (secondary N) is 1. The molecule has 2 rings (SSSR count). The highest BCUT2D eigenvalue weighted by Gasteiger charge is 2.11. The van der Waals surface area contributed by atoms with Gasteiger partial charge in [-0.05, 0) is 18.4 Å². The van der Waals surface area contributed by atoms with Gasteiger partial charge >= 0.3 is 5.97 Å². The average Bonchev–Trinajstić information content (AvgIpc) is 2.96. The molecule has 0 atom stereocenters. The van der Waals surface area contributed by atoms with Crippen molar-refractivity contribution in [2.24, 2.45) is 0 Å². The fourth-order valence-electron chi connectivity index (χ4n) is 1.72. The number of hydrogen-bond donors (Lipinski definition) is 2. The quantitative estimate of drug-likeness (QED) is 0.776. The maximum Gasteiger partial charge on any atom is 0.358 e. The number of benzene rings is 1. The zero-order chi connectivity index (χ0) is 15.2. The van der Waals surface area contributed by atoms with Crippen molar-refractivity contribution in [3.8, 4) is 0 Å². The molecule has 0 aliphatic rings. The van der Waals surface area contributed by atoms with E-state index in [1.807, 2.05) is 24.5 Å². The number of aromatic carboxylic acids is 1. The molecule has 0 aliphatic carbocycles. The van der Waals surface area contributed by atoms with Crippen molar-refractivity contribution >= 4 is 23.6 Å². The largest absolute Gasteiger partial charge is 0.476 e. The van der Waals surface area contributed by atoms with Crippen molar-refractivity contribution in [3.05, 3.63) is 41.7 Å². The van der Waals surface area contributed by atoms with E-state index >= 15 is 0 Å².